The average Bonchev–Trinajstić information content (AvgIpc) is 3.40. The number of carbonyl (C=O) groups is 3. The first kappa shape index (κ1) is 23.8. The third kappa shape index (κ3) is 6.35. The van der Waals surface area contributed by atoms with E-state index >= 15 is 0 Å². The monoisotopic (exact) mass is 497 g/mol. The molecule has 9 nitrogen and oxygen atoms in total. The first-order valence-corrected chi connectivity index (χ1v) is 11.2. The molecule has 2 amide bonds. The van der Waals surface area contributed by atoms with Gasteiger partial charge in [0.1, 0.15) is 0 Å². The number of carbonyl (C=O) groups excluding carboxylic acids is 2. The van der Waals surface area contributed by atoms with Gasteiger partial charge in [0, 0.05) is 16.6 Å². The Morgan fingerprint density at radius 2 is 2.06 bits per heavy atom. The minimum absolute atomic E-state index is 0.322. The van der Waals surface area contributed by atoms with Crippen LogP contribution in [0.25, 0.3) is 0 Å². The smallest absolute Gasteiger partial charge is 0.305 e. The number of carboxylic acids is 1. The van der Waals surface area contributed by atoms with Crippen LogP contribution < -0.4 is 21.3 Å². The molecule has 0 spiro atoms. The Hall–Kier alpha value is -2.82. The van der Waals surface area contributed by atoms with Crippen LogP contribution in [0.1, 0.15) is 33.3 Å². The molecule has 0 fully saturated rings. The maximum Gasteiger partial charge on any atom is 0.305 e. The minimum Gasteiger partial charge on any atom is -0.481 e. The largest absolute Gasteiger partial charge is 0.481 e. The number of amides is 2. The topological polar surface area (TPSA) is 132 Å². The number of nitrogens with zero attached hydrogens (tertiary/aromatic N) is 1. The fourth-order valence-electron chi connectivity index (χ4n) is 3.06. The van der Waals surface area contributed by atoms with Crippen molar-refractivity contribution in [2.75, 3.05) is 25.0 Å². The molecule has 2 heterocycles. The Labute approximate surface area is 198 Å². The van der Waals surface area contributed by atoms with Crippen LogP contribution in [-0.2, 0) is 9.59 Å². The lowest BCUT2D eigenvalue weighted by atomic mass is 9.98. The summed E-state index contributed by atoms with van der Waals surface area (Å²) >= 11 is 13.4. The van der Waals surface area contributed by atoms with E-state index in [0.29, 0.717) is 38.6 Å². The summed E-state index contributed by atoms with van der Waals surface area (Å²) in [5.41, 5.74) is 1.12. The van der Waals surface area contributed by atoms with Crippen molar-refractivity contribution < 1.29 is 19.5 Å². The highest BCUT2D eigenvalue weighted by Crippen LogP contribution is 2.30. The van der Waals surface area contributed by atoms with E-state index in [0.717, 1.165) is 11.5 Å². The maximum absolute atomic E-state index is 12.4. The van der Waals surface area contributed by atoms with Crippen molar-refractivity contribution in [1.29, 1.82) is 0 Å². The molecular formula is C20H21Cl2N5O4S. The summed E-state index contributed by atoms with van der Waals surface area (Å²) in [6, 6.07) is 5.64. The fourth-order valence-corrected chi connectivity index (χ4v) is 4.39. The van der Waals surface area contributed by atoms with Crippen LogP contribution in [-0.4, -0.2) is 48.5 Å². The van der Waals surface area contributed by atoms with Crippen molar-refractivity contribution in [2.24, 2.45) is 4.99 Å². The Balaban J connectivity index is 1.60. The van der Waals surface area contributed by atoms with Crippen LogP contribution in [0, 0.1) is 6.92 Å². The Bertz CT molecular complexity index is 1070. The van der Waals surface area contributed by atoms with Crippen molar-refractivity contribution in [3.05, 3.63) is 50.3 Å². The Kier molecular flexibility index (Phi) is 7.94. The molecule has 32 heavy (non-hydrogen) atoms. The molecule has 1 aromatic heterocycles. The number of thiophene rings is 1. The summed E-state index contributed by atoms with van der Waals surface area (Å²) in [4.78, 5) is 40.8. The van der Waals surface area contributed by atoms with E-state index in [1.807, 2.05) is 0 Å². The molecule has 12 heteroatoms. The lowest BCUT2D eigenvalue weighted by molar-refractivity contribution is -0.137. The van der Waals surface area contributed by atoms with Crippen molar-refractivity contribution in [3.63, 3.8) is 0 Å². The van der Waals surface area contributed by atoms with Crippen LogP contribution in [0.15, 0.2) is 29.3 Å². The van der Waals surface area contributed by atoms with Crippen LogP contribution in [0.5, 0.6) is 0 Å². The molecule has 1 aromatic carbocycles. The predicted molar refractivity (Wildman–Crippen MR) is 125 cm³/mol. The highest BCUT2D eigenvalue weighted by atomic mass is 35.5. The number of rotatable bonds is 8. The molecule has 2 aromatic rings. The van der Waals surface area contributed by atoms with Crippen LogP contribution in [0.3, 0.4) is 0 Å². The van der Waals surface area contributed by atoms with Crippen molar-refractivity contribution in [3.8, 4) is 0 Å². The first-order chi connectivity index (χ1) is 15.2. The third-order valence-corrected chi connectivity index (χ3v) is 6.20. The van der Waals surface area contributed by atoms with Crippen molar-refractivity contribution >= 4 is 63.3 Å². The Morgan fingerprint density at radius 3 is 2.75 bits per heavy atom. The molecule has 170 valence electrons. The lowest BCUT2D eigenvalue weighted by Gasteiger charge is -2.20. The molecule has 0 saturated heterocycles. The van der Waals surface area contributed by atoms with Gasteiger partial charge in [-0.05, 0) is 42.3 Å². The summed E-state index contributed by atoms with van der Waals surface area (Å²) in [5, 5.41) is 22.0. The quantitative estimate of drug-likeness (QED) is 0.380. The highest BCUT2D eigenvalue weighted by Gasteiger charge is 2.22. The van der Waals surface area contributed by atoms with Gasteiger partial charge < -0.3 is 26.4 Å². The number of hydrogen-bond acceptors (Lipinski definition) is 7. The van der Waals surface area contributed by atoms with Gasteiger partial charge in [-0.25, -0.2) is 0 Å². The predicted octanol–water partition coefficient (Wildman–Crippen LogP) is 2.80. The molecule has 3 rings (SSSR count). The molecule has 1 unspecified atom stereocenters. The second-order valence-electron chi connectivity index (χ2n) is 6.95. The van der Waals surface area contributed by atoms with Gasteiger partial charge >= 0.3 is 5.97 Å². The summed E-state index contributed by atoms with van der Waals surface area (Å²) in [6.07, 6.45) is -0.366. The second kappa shape index (κ2) is 10.7. The number of anilines is 1. The number of benzene rings is 1. The number of hydrogen-bond donors (Lipinski definition) is 5. The molecule has 1 aliphatic heterocycles. The van der Waals surface area contributed by atoms with Gasteiger partial charge in [0.05, 0.1) is 35.4 Å². The normalized spacial score (nSPS) is 13.7. The molecule has 0 radical (unpaired) electrons. The van der Waals surface area contributed by atoms with E-state index in [1.54, 1.807) is 31.2 Å². The maximum atomic E-state index is 12.4. The van der Waals surface area contributed by atoms with E-state index in [1.165, 1.54) is 11.3 Å². The highest BCUT2D eigenvalue weighted by molar-refractivity contribution is 7.18. The van der Waals surface area contributed by atoms with Crippen LogP contribution in [0.2, 0.25) is 10.0 Å². The summed E-state index contributed by atoms with van der Waals surface area (Å²) in [7, 11) is 0. The number of halogens is 2. The Morgan fingerprint density at radius 1 is 1.28 bits per heavy atom. The van der Waals surface area contributed by atoms with Gasteiger partial charge in [-0.2, -0.15) is 0 Å². The fraction of sp³-hybridized carbons (Fsp3) is 0.300. The average molecular weight is 498 g/mol. The molecule has 0 bridgehead atoms. The number of guanidine groups is 1. The number of carboxylic acid groups (broad SMARTS) is 1. The SMILES string of the molecule is Cc1c(Cl)cc(Cl)cc1C(CC(=O)O)NC(=O)CNC(=O)c1ccc(NC2=NCCN2)s1. The van der Waals surface area contributed by atoms with Gasteiger partial charge in [0.15, 0.2) is 5.96 Å². The second-order valence-corrected chi connectivity index (χ2v) is 8.88. The van der Waals surface area contributed by atoms with Gasteiger partial charge in [-0.1, -0.05) is 23.2 Å². The summed E-state index contributed by atoms with van der Waals surface area (Å²) < 4.78 is 0. The lowest BCUT2D eigenvalue weighted by Crippen LogP contribution is -2.39. The minimum atomic E-state index is -1.10. The first-order valence-electron chi connectivity index (χ1n) is 9.63. The number of aliphatic imine (C=N–C) groups is 1. The van der Waals surface area contributed by atoms with E-state index in [2.05, 4.69) is 26.3 Å². The molecule has 0 saturated carbocycles. The number of nitrogens with one attached hydrogen (secondary N) is 4. The molecule has 1 atom stereocenters. The van der Waals surface area contributed by atoms with E-state index < -0.39 is 23.8 Å². The van der Waals surface area contributed by atoms with Crippen LogP contribution in [0.4, 0.5) is 5.00 Å². The summed E-state index contributed by atoms with van der Waals surface area (Å²) in [5.74, 6) is -1.41. The molecule has 5 N–H and O–H groups in total. The zero-order valence-electron chi connectivity index (χ0n) is 17.0. The van der Waals surface area contributed by atoms with Gasteiger partial charge in [0.2, 0.25) is 5.91 Å². The zero-order valence-corrected chi connectivity index (χ0v) is 19.3. The van der Waals surface area contributed by atoms with Crippen molar-refractivity contribution in [2.45, 2.75) is 19.4 Å². The molecule has 1 aliphatic rings. The van der Waals surface area contributed by atoms with E-state index in [4.69, 9.17) is 23.2 Å². The van der Waals surface area contributed by atoms with Gasteiger partial charge in [-0.15, -0.1) is 11.3 Å². The molecular weight excluding hydrogens is 477 g/mol. The van der Waals surface area contributed by atoms with Gasteiger partial charge in [0.25, 0.3) is 5.91 Å². The van der Waals surface area contributed by atoms with E-state index in [-0.39, 0.29) is 13.0 Å². The van der Waals surface area contributed by atoms with Crippen LogP contribution >= 0.6 is 34.5 Å². The summed E-state index contributed by atoms with van der Waals surface area (Å²) in [6.45, 7) is 2.85. The van der Waals surface area contributed by atoms with E-state index in [9.17, 15) is 19.5 Å². The van der Waals surface area contributed by atoms with Crippen molar-refractivity contribution in [1.82, 2.24) is 16.0 Å². The third-order valence-electron chi connectivity index (χ3n) is 4.59. The zero-order chi connectivity index (χ0) is 23.3. The van der Waals surface area contributed by atoms with Gasteiger partial charge in [-0.3, -0.25) is 19.4 Å². The standard InChI is InChI=1S/C20H21Cl2N5O4S/c1-10-12(6-11(21)7-13(10)22)14(8-18(29)30)26-16(28)9-25-19(31)15-2-3-17(32-15)27-20-23-4-5-24-20/h2-3,6-7,14H,4-5,8-9H2,1H3,(H,25,31)(H,26,28)(H,29,30)(H2,23,24,27). The molecule has 0 aliphatic carbocycles. The number of aliphatic carboxylic acids is 1.